The van der Waals surface area contributed by atoms with Gasteiger partial charge in [0.25, 0.3) is 0 Å². The Morgan fingerprint density at radius 1 is 1.42 bits per heavy atom. The lowest BCUT2D eigenvalue weighted by Gasteiger charge is -2.07. The zero-order valence-electron chi connectivity index (χ0n) is 11.4. The van der Waals surface area contributed by atoms with E-state index in [4.69, 9.17) is 4.84 Å². The molecule has 2 heterocycles. The molecule has 19 heavy (non-hydrogen) atoms. The maximum atomic E-state index is 5.37. The average molecular weight is 257 g/mol. The lowest BCUT2D eigenvalue weighted by Crippen LogP contribution is -2.10. The predicted octanol–water partition coefficient (Wildman–Crippen LogP) is 3.37. The Hall–Kier alpha value is -2.23. The fraction of sp³-hybridized carbons (Fsp3) is 0.267. The summed E-state index contributed by atoms with van der Waals surface area (Å²) in [5.41, 5.74) is 2.82. The van der Waals surface area contributed by atoms with Crippen LogP contribution in [0.25, 0.3) is 0 Å². The smallest absolute Gasteiger partial charge is 0.159 e. The third kappa shape index (κ3) is 3.88. The molecule has 1 atom stereocenters. The van der Waals surface area contributed by atoms with Gasteiger partial charge in [0.15, 0.2) is 6.10 Å². The molecule has 1 aliphatic heterocycles. The first-order valence-electron chi connectivity index (χ1n) is 6.26. The summed E-state index contributed by atoms with van der Waals surface area (Å²) in [4.78, 5) is 13.1. The zero-order valence-corrected chi connectivity index (χ0v) is 11.4. The van der Waals surface area contributed by atoms with E-state index in [2.05, 4.69) is 28.4 Å². The molecule has 4 nitrogen and oxygen atoms in total. The van der Waals surface area contributed by atoms with Crippen molar-refractivity contribution in [3.05, 3.63) is 54.5 Å². The minimum atomic E-state index is -0.124. The number of oxime groups is 1. The topological polar surface area (TPSA) is 46.8 Å². The number of hydrogen-bond acceptors (Lipinski definition) is 4. The molecule has 1 aromatic heterocycles. The van der Waals surface area contributed by atoms with E-state index in [1.165, 1.54) is 0 Å². The van der Waals surface area contributed by atoms with Crippen molar-refractivity contribution in [2.75, 3.05) is 0 Å². The van der Waals surface area contributed by atoms with E-state index in [0.717, 1.165) is 16.8 Å². The van der Waals surface area contributed by atoms with E-state index >= 15 is 0 Å². The number of aliphatic imine (C=N–C) groups is 1. The summed E-state index contributed by atoms with van der Waals surface area (Å²) < 4.78 is 0. The number of rotatable bonds is 4. The highest BCUT2D eigenvalue weighted by atomic mass is 16.6. The van der Waals surface area contributed by atoms with E-state index < -0.39 is 0 Å². The van der Waals surface area contributed by atoms with Gasteiger partial charge in [0.1, 0.15) is 0 Å². The van der Waals surface area contributed by atoms with E-state index in [-0.39, 0.29) is 6.10 Å². The zero-order chi connectivity index (χ0) is 14.1. The standard InChI is InChI=1S/C13H13N3O.C2H6/c1-3-10(9-14-2)13-8-12(16-17-13)11-4-6-15-7-5-11;1-2/h3-7,9,13H,1-2,8H2;1-2H3/b10-9+;. The van der Waals surface area contributed by atoms with Gasteiger partial charge in [-0.3, -0.25) is 9.98 Å². The van der Waals surface area contributed by atoms with E-state index in [0.29, 0.717) is 6.42 Å². The second-order valence-electron chi connectivity index (χ2n) is 3.59. The highest BCUT2D eigenvalue weighted by molar-refractivity contribution is 6.01. The average Bonchev–Trinajstić information content (AvgIpc) is 2.97. The fourth-order valence-corrected chi connectivity index (χ4v) is 1.64. The Labute approximate surface area is 114 Å². The summed E-state index contributed by atoms with van der Waals surface area (Å²) in [5.74, 6) is 0. The second-order valence-corrected chi connectivity index (χ2v) is 3.59. The molecular formula is C15H19N3O. The van der Waals surface area contributed by atoms with Crippen LogP contribution in [0.15, 0.2) is 59.1 Å². The molecule has 100 valence electrons. The first-order chi connectivity index (χ1) is 9.35. The molecule has 0 amide bonds. The van der Waals surface area contributed by atoms with Gasteiger partial charge in [-0.15, -0.1) is 0 Å². The van der Waals surface area contributed by atoms with Crippen molar-refractivity contribution in [1.29, 1.82) is 0 Å². The molecule has 0 bridgehead atoms. The summed E-state index contributed by atoms with van der Waals surface area (Å²) in [7, 11) is 0. The van der Waals surface area contributed by atoms with Crippen LogP contribution in [0.2, 0.25) is 0 Å². The number of hydrogen-bond donors (Lipinski definition) is 0. The Bertz CT molecular complexity index is 477. The Balaban J connectivity index is 0.000000861. The Kier molecular flexibility index (Phi) is 6.22. The van der Waals surface area contributed by atoms with Crippen molar-refractivity contribution in [2.45, 2.75) is 26.4 Å². The minimum absolute atomic E-state index is 0.124. The normalized spacial score (nSPS) is 17.7. The highest BCUT2D eigenvalue weighted by Crippen LogP contribution is 2.22. The number of pyridine rings is 1. The molecule has 2 rings (SSSR count). The molecule has 0 fully saturated rings. The van der Waals surface area contributed by atoms with E-state index in [1.54, 1.807) is 24.7 Å². The van der Waals surface area contributed by atoms with Crippen LogP contribution < -0.4 is 0 Å². The molecule has 1 aliphatic rings. The molecule has 0 spiro atoms. The fourth-order valence-electron chi connectivity index (χ4n) is 1.64. The largest absolute Gasteiger partial charge is 0.387 e. The summed E-state index contributed by atoms with van der Waals surface area (Å²) in [6.45, 7) is 11.1. The molecule has 4 heteroatoms. The SMILES string of the molecule is C=C/C(=C\N=C)C1CC(c2ccncc2)=NO1.CC. The van der Waals surface area contributed by atoms with Crippen LogP contribution in [0.3, 0.4) is 0 Å². The van der Waals surface area contributed by atoms with Crippen LogP contribution in [-0.4, -0.2) is 23.5 Å². The highest BCUT2D eigenvalue weighted by Gasteiger charge is 2.24. The van der Waals surface area contributed by atoms with E-state index in [9.17, 15) is 0 Å². The van der Waals surface area contributed by atoms with Gasteiger partial charge in [0.05, 0.1) is 5.71 Å². The Morgan fingerprint density at radius 3 is 2.68 bits per heavy atom. The number of aromatic nitrogens is 1. The van der Waals surface area contributed by atoms with Crippen LogP contribution >= 0.6 is 0 Å². The first-order valence-corrected chi connectivity index (χ1v) is 6.26. The quantitative estimate of drug-likeness (QED) is 0.613. The van der Waals surface area contributed by atoms with Crippen LogP contribution in [0.4, 0.5) is 0 Å². The first kappa shape index (κ1) is 14.8. The Morgan fingerprint density at radius 2 is 2.11 bits per heavy atom. The van der Waals surface area contributed by atoms with Gasteiger partial charge < -0.3 is 4.84 Å². The predicted molar refractivity (Wildman–Crippen MR) is 79.4 cm³/mol. The molecule has 1 aromatic rings. The molecule has 1 unspecified atom stereocenters. The van der Waals surface area contributed by atoms with Gasteiger partial charge >= 0.3 is 0 Å². The van der Waals surface area contributed by atoms with Crippen molar-refractivity contribution in [3.8, 4) is 0 Å². The van der Waals surface area contributed by atoms with Gasteiger partial charge in [-0.05, 0) is 18.9 Å². The summed E-state index contributed by atoms with van der Waals surface area (Å²) in [6, 6.07) is 3.82. The maximum Gasteiger partial charge on any atom is 0.159 e. The number of nitrogens with zero attached hydrogens (tertiary/aromatic N) is 3. The van der Waals surface area contributed by atoms with Crippen molar-refractivity contribution >= 4 is 12.4 Å². The summed E-state index contributed by atoms with van der Waals surface area (Å²) in [5, 5.41) is 4.08. The van der Waals surface area contributed by atoms with Crippen LogP contribution in [0.1, 0.15) is 25.8 Å². The molecule has 0 saturated heterocycles. The maximum absolute atomic E-state index is 5.37. The molecular weight excluding hydrogens is 238 g/mol. The third-order valence-electron chi connectivity index (χ3n) is 2.53. The van der Waals surface area contributed by atoms with Crippen molar-refractivity contribution < 1.29 is 4.84 Å². The van der Waals surface area contributed by atoms with Gasteiger partial charge in [-0.25, -0.2) is 0 Å². The van der Waals surface area contributed by atoms with Gasteiger partial charge in [-0.1, -0.05) is 31.7 Å². The van der Waals surface area contributed by atoms with E-state index in [1.807, 2.05) is 26.0 Å². The van der Waals surface area contributed by atoms with Crippen molar-refractivity contribution in [1.82, 2.24) is 4.98 Å². The van der Waals surface area contributed by atoms with Gasteiger partial charge in [-0.2, -0.15) is 0 Å². The molecule has 0 aromatic carbocycles. The molecule has 0 radical (unpaired) electrons. The van der Waals surface area contributed by atoms with Crippen LogP contribution in [0, 0.1) is 0 Å². The monoisotopic (exact) mass is 257 g/mol. The van der Waals surface area contributed by atoms with Crippen LogP contribution in [0.5, 0.6) is 0 Å². The lowest BCUT2D eigenvalue weighted by molar-refractivity contribution is 0.114. The molecule has 0 saturated carbocycles. The molecule has 0 aliphatic carbocycles. The van der Waals surface area contributed by atoms with Crippen molar-refractivity contribution in [3.63, 3.8) is 0 Å². The molecule has 0 N–H and O–H groups in total. The van der Waals surface area contributed by atoms with Crippen LogP contribution in [-0.2, 0) is 4.84 Å². The lowest BCUT2D eigenvalue weighted by atomic mass is 10.0. The third-order valence-corrected chi connectivity index (χ3v) is 2.53. The summed E-state index contributed by atoms with van der Waals surface area (Å²) >= 11 is 0. The summed E-state index contributed by atoms with van der Waals surface area (Å²) in [6.07, 6.45) is 7.41. The van der Waals surface area contributed by atoms with Gasteiger partial charge in [0.2, 0.25) is 0 Å². The van der Waals surface area contributed by atoms with Gasteiger partial charge in [0, 0.05) is 36.2 Å². The minimum Gasteiger partial charge on any atom is -0.387 e. The van der Waals surface area contributed by atoms with Crippen molar-refractivity contribution in [2.24, 2.45) is 10.1 Å². The second kappa shape index (κ2) is 7.97.